The zero-order valence-corrected chi connectivity index (χ0v) is 18.6. The van der Waals surface area contributed by atoms with Crippen LogP contribution in [-0.2, 0) is 13.2 Å². The molecule has 2 aromatic heterocycles. The molecule has 3 aromatic rings. The largest absolute Gasteiger partial charge is 0.388 e. The summed E-state index contributed by atoms with van der Waals surface area (Å²) in [7, 11) is 0. The molecule has 0 radical (unpaired) electrons. The van der Waals surface area contributed by atoms with Crippen molar-refractivity contribution in [2.75, 3.05) is 11.4 Å². The molecule has 1 atom stereocenters. The molecule has 3 heterocycles. The average molecular weight is 428 g/mol. The fraction of sp³-hybridized carbons (Fsp3) is 0.522. The van der Waals surface area contributed by atoms with Gasteiger partial charge in [-0.2, -0.15) is 4.68 Å². The van der Waals surface area contributed by atoms with E-state index in [1.807, 2.05) is 0 Å². The van der Waals surface area contributed by atoms with Crippen LogP contribution < -0.4 is 10.6 Å². The van der Waals surface area contributed by atoms with Gasteiger partial charge in [0, 0.05) is 30.6 Å². The Morgan fingerprint density at radius 1 is 1.26 bits per heavy atom. The summed E-state index contributed by atoms with van der Waals surface area (Å²) in [4.78, 5) is 19.9. The monoisotopic (exact) mass is 427 g/mol. The first kappa shape index (κ1) is 21.5. The van der Waals surface area contributed by atoms with Crippen molar-refractivity contribution < 1.29 is 9.50 Å². The van der Waals surface area contributed by atoms with Crippen LogP contribution in [0.5, 0.6) is 0 Å². The summed E-state index contributed by atoms with van der Waals surface area (Å²) in [5, 5.41) is 14.5. The number of aliphatic hydroxyl groups excluding tert-OH is 1. The maximum Gasteiger partial charge on any atom is 0.350 e. The topological polar surface area (TPSA) is 76.2 Å². The van der Waals surface area contributed by atoms with Crippen molar-refractivity contribution in [2.45, 2.75) is 72.1 Å². The van der Waals surface area contributed by atoms with Crippen molar-refractivity contribution >= 4 is 16.7 Å². The number of piperidine rings is 1. The molecule has 166 valence electrons. The molecule has 8 heteroatoms. The van der Waals surface area contributed by atoms with Gasteiger partial charge in [-0.25, -0.2) is 14.2 Å². The predicted molar refractivity (Wildman–Crippen MR) is 119 cm³/mol. The lowest BCUT2D eigenvalue weighted by Gasteiger charge is -2.35. The maximum atomic E-state index is 15.2. The van der Waals surface area contributed by atoms with Crippen molar-refractivity contribution in [3.8, 4) is 5.69 Å². The molecule has 1 fully saturated rings. The van der Waals surface area contributed by atoms with Gasteiger partial charge in [-0.3, -0.25) is 4.57 Å². The molecule has 0 spiro atoms. The third kappa shape index (κ3) is 3.73. The Kier molecular flexibility index (Phi) is 5.83. The van der Waals surface area contributed by atoms with Gasteiger partial charge in [0.2, 0.25) is 0 Å². The van der Waals surface area contributed by atoms with Gasteiger partial charge in [-0.15, -0.1) is 5.10 Å². The number of rotatable bonds is 5. The molecule has 7 nitrogen and oxygen atoms in total. The number of halogens is 1. The molecule has 1 unspecified atom stereocenters. The minimum absolute atomic E-state index is 0.0715. The van der Waals surface area contributed by atoms with Crippen molar-refractivity contribution in [1.82, 2.24) is 19.3 Å². The summed E-state index contributed by atoms with van der Waals surface area (Å²) in [6.45, 7) is 9.10. The first-order chi connectivity index (χ1) is 14.8. The highest BCUT2D eigenvalue weighted by Gasteiger charge is 2.23. The van der Waals surface area contributed by atoms with Crippen molar-refractivity contribution in [2.24, 2.45) is 0 Å². The van der Waals surface area contributed by atoms with Gasteiger partial charge in [0.05, 0.1) is 5.52 Å². The van der Waals surface area contributed by atoms with Crippen LogP contribution in [-0.4, -0.2) is 37.0 Å². The second-order valence-corrected chi connectivity index (χ2v) is 8.60. The van der Waals surface area contributed by atoms with E-state index in [2.05, 4.69) is 36.8 Å². The van der Waals surface area contributed by atoms with Gasteiger partial charge >= 0.3 is 5.69 Å². The number of fused-ring (bicyclic) bond motifs is 1. The average Bonchev–Trinajstić information content (AvgIpc) is 3.07. The fourth-order valence-electron chi connectivity index (χ4n) is 4.50. The third-order valence-corrected chi connectivity index (χ3v) is 6.24. The van der Waals surface area contributed by atoms with Crippen LogP contribution in [0.1, 0.15) is 64.3 Å². The summed E-state index contributed by atoms with van der Waals surface area (Å²) in [6, 6.07) is 5.55. The predicted octanol–water partition coefficient (Wildman–Crippen LogP) is 3.74. The number of nitrogens with zero attached hydrogens (tertiary/aromatic N) is 5. The maximum absolute atomic E-state index is 15.2. The van der Waals surface area contributed by atoms with E-state index >= 15 is 4.39 Å². The summed E-state index contributed by atoms with van der Waals surface area (Å²) < 4.78 is 17.6. The molecule has 31 heavy (non-hydrogen) atoms. The van der Waals surface area contributed by atoms with E-state index in [1.165, 1.54) is 17.1 Å². The minimum atomic E-state index is -0.564. The van der Waals surface area contributed by atoms with Crippen LogP contribution in [0.4, 0.5) is 10.2 Å². The Hall–Kier alpha value is -2.74. The Labute approximate surface area is 181 Å². The van der Waals surface area contributed by atoms with E-state index in [1.54, 1.807) is 13.0 Å². The van der Waals surface area contributed by atoms with E-state index in [4.69, 9.17) is 4.98 Å². The van der Waals surface area contributed by atoms with Gasteiger partial charge < -0.3 is 10.0 Å². The third-order valence-electron chi connectivity index (χ3n) is 6.24. The van der Waals surface area contributed by atoms with E-state index in [9.17, 15) is 9.90 Å². The molecule has 1 aliphatic rings. The number of hydrogen-bond donors (Lipinski definition) is 1. The molecule has 0 amide bonds. The molecule has 0 saturated carbocycles. The zero-order chi connectivity index (χ0) is 22.3. The summed E-state index contributed by atoms with van der Waals surface area (Å²) >= 11 is 0. The number of pyridine rings is 1. The van der Waals surface area contributed by atoms with Crippen LogP contribution in [0.2, 0.25) is 0 Å². The highest BCUT2D eigenvalue weighted by atomic mass is 19.1. The molecule has 1 saturated heterocycles. The van der Waals surface area contributed by atoms with Gasteiger partial charge in [-0.1, -0.05) is 13.8 Å². The SMILES string of the molecule is CCn1c(CO)nn(-c2cc3c(C(C)C)cc(N4CCCCC4C)nc3cc2F)c1=O. The number of benzene rings is 1. The van der Waals surface area contributed by atoms with Crippen LogP contribution in [0.3, 0.4) is 0 Å². The Morgan fingerprint density at radius 2 is 2.03 bits per heavy atom. The lowest BCUT2D eigenvalue weighted by molar-refractivity contribution is 0.264. The highest BCUT2D eigenvalue weighted by molar-refractivity contribution is 5.87. The molecular formula is C23H30FN5O2. The fourth-order valence-corrected chi connectivity index (χ4v) is 4.50. The van der Waals surface area contributed by atoms with Crippen LogP contribution in [0.15, 0.2) is 23.0 Å². The van der Waals surface area contributed by atoms with Gasteiger partial charge in [0.1, 0.15) is 18.1 Å². The van der Waals surface area contributed by atoms with E-state index in [0.717, 1.165) is 40.8 Å². The molecule has 4 rings (SSSR count). The first-order valence-electron chi connectivity index (χ1n) is 11.1. The van der Waals surface area contributed by atoms with Crippen LogP contribution in [0.25, 0.3) is 16.6 Å². The second-order valence-electron chi connectivity index (χ2n) is 8.60. The quantitative estimate of drug-likeness (QED) is 0.671. The molecule has 0 aliphatic carbocycles. The standard InChI is InChI=1S/C23H30FN5O2/c1-5-27-22(13-30)26-29(23(27)31)20-10-17-16(14(2)3)11-21(25-19(17)12-18(20)24)28-9-7-6-8-15(28)4/h10-12,14-15,30H,5-9,13H2,1-4H3. The number of aromatic nitrogens is 4. The number of anilines is 1. The molecule has 1 aliphatic heterocycles. The molecule has 1 N–H and O–H groups in total. The van der Waals surface area contributed by atoms with Gasteiger partial charge in [0.25, 0.3) is 0 Å². The normalized spacial score (nSPS) is 17.1. The van der Waals surface area contributed by atoms with E-state index < -0.39 is 11.5 Å². The van der Waals surface area contributed by atoms with Crippen LogP contribution in [0, 0.1) is 5.82 Å². The summed E-state index contributed by atoms with van der Waals surface area (Å²) in [5.41, 5.74) is 1.24. The first-order valence-corrected chi connectivity index (χ1v) is 11.1. The Morgan fingerprint density at radius 3 is 2.65 bits per heavy atom. The van der Waals surface area contributed by atoms with Gasteiger partial charge in [0.15, 0.2) is 11.6 Å². The van der Waals surface area contributed by atoms with Crippen molar-refractivity contribution in [1.29, 1.82) is 0 Å². The van der Waals surface area contributed by atoms with Crippen molar-refractivity contribution in [3.05, 3.63) is 45.9 Å². The van der Waals surface area contributed by atoms with Crippen molar-refractivity contribution in [3.63, 3.8) is 0 Å². The summed E-state index contributed by atoms with van der Waals surface area (Å²) in [5.74, 6) is 0.723. The highest BCUT2D eigenvalue weighted by Crippen LogP contribution is 2.33. The molecule has 0 bridgehead atoms. The number of aliphatic hydroxyl groups is 1. The van der Waals surface area contributed by atoms with E-state index in [-0.39, 0.29) is 24.0 Å². The lowest BCUT2D eigenvalue weighted by Crippen LogP contribution is -2.38. The minimum Gasteiger partial charge on any atom is -0.388 e. The second kappa shape index (κ2) is 8.42. The smallest absolute Gasteiger partial charge is 0.350 e. The van der Waals surface area contributed by atoms with E-state index in [0.29, 0.717) is 18.1 Å². The van der Waals surface area contributed by atoms with Gasteiger partial charge in [-0.05, 0) is 56.7 Å². The molecular weight excluding hydrogens is 397 g/mol. The Bertz CT molecular complexity index is 1170. The summed E-state index contributed by atoms with van der Waals surface area (Å²) in [6.07, 6.45) is 3.47. The molecule has 1 aromatic carbocycles. The number of hydrogen-bond acceptors (Lipinski definition) is 5. The van der Waals surface area contributed by atoms with Crippen LogP contribution >= 0.6 is 0 Å². The zero-order valence-electron chi connectivity index (χ0n) is 18.6. The lowest BCUT2D eigenvalue weighted by atomic mass is 9.97. The Balaban J connectivity index is 1.91.